The summed E-state index contributed by atoms with van der Waals surface area (Å²) in [6, 6.07) is 0. The summed E-state index contributed by atoms with van der Waals surface area (Å²) in [6.45, 7) is -0.730. The van der Waals surface area contributed by atoms with Gasteiger partial charge in [-0.25, -0.2) is 4.98 Å². The first kappa shape index (κ1) is 41.2. The van der Waals surface area contributed by atoms with Crippen LogP contribution in [0.3, 0.4) is 0 Å². The molecule has 1 fully saturated rings. The Kier molecular flexibility index (Phi) is 18.3. The summed E-state index contributed by atoms with van der Waals surface area (Å²) < 4.78 is 53.0. The van der Waals surface area contributed by atoms with Gasteiger partial charge in [0.05, 0.1) is 28.3 Å². The van der Waals surface area contributed by atoms with E-state index in [1.165, 1.54) is 10.9 Å². The number of anilines is 1. The summed E-state index contributed by atoms with van der Waals surface area (Å²) in [5, 5.41) is 20.4. The van der Waals surface area contributed by atoms with Gasteiger partial charge < -0.3 is 49.0 Å². The number of hydrogen-bond donors (Lipinski definition) is 3. The average Bonchev–Trinajstić information content (AvgIpc) is 3.12. The number of halogens is 1. The minimum atomic E-state index is -5.98. The van der Waals surface area contributed by atoms with Gasteiger partial charge in [-0.05, 0) is 11.6 Å². The van der Waals surface area contributed by atoms with E-state index in [4.69, 9.17) is 26.6 Å². The predicted molar refractivity (Wildman–Crippen MR) is 102 cm³/mol. The Bertz CT molecular complexity index is 1180. The largest absolute Gasteiger partial charge is 1.00 e. The van der Waals surface area contributed by atoms with E-state index in [0.29, 0.717) is 0 Å². The van der Waals surface area contributed by atoms with Gasteiger partial charge in [-0.2, -0.15) is 9.97 Å². The zero-order valence-electron chi connectivity index (χ0n) is 18.7. The van der Waals surface area contributed by atoms with Crippen molar-refractivity contribution in [2.75, 3.05) is 12.3 Å². The number of nitrogen functional groups attached to an aromatic ring is 1. The van der Waals surface area contributed by atoms with Crippen molar-refractivity contribution >= 4 is 59.3 Å². The molecule has 0 saturated carbocycles. The molecule has 2 aromatic heterocycles. The zero-order valence-corrected chi connectivity index (χ0v) is 30.1. The molecule has 26 heteroatoms. The Morgan fingerprint density at radius 3 is 2.25 bits per heavy atom. The molecule has 6 atom stereocenters. The maximum Gasteiger partial charge on any atom is 1.00 e. The summed E-state index contributed by atoms with van der Waals surface area (Å²) >= 11 is 5.78. The van der Waals surface area contributed by atoms with E-state index in [9.17, 15) is 38.6 Å². The van der Waals surface area contributed by atoms with Gasteiger partial charge in [0.2, 0.25) is 5.28 Å². The minimum absolute atomic E-state index is 0. The van der Waals surface area contributed by atoms with Gasteiger partial charge >= 0.3 is 118 Å². The van der Waals surface area contributed by atoms with Gasteiger partial charge in [0, 0.05) is 0 Å². The van der Waals surface area contributed by atoms with Gasteiger partial charge in [0.25, 0.3) is 7.82 Å². The number of imidazole rings is 1. The van der Waals surface area contributed by atoms with Crippen molar-refractivity contribution in [3.8, 4) is 0 Å². The molecule has 1 aliphatic rings. The number of rotatable bonds is 8. The summed E-state index contributed by atoms with van der Waals surface area (Å²) in [4.78, 5) is 43.9. The molecule has 0 bridgehead atoms. The fourth-order valence-electron chi connectivity index (χ4n) is 2.57. The zero-order chi connectivity index (χ0) is 24.1. The van der Waals surface area contributed by atoms with Crippen LogP contribution in [0.5, 0.6) is 0 Å². The molecule has 4 N–H and O–H groups in total. The molecule has 0 amide bonds. The van der Waals surface area contributed by atoms with Gasteiger partial charge in [-0.15, -0.1) is 0 Å². The van der Waals surface area contributed by atoms with Gasteiger partial charge in [0.15, 0.2) is 25.2 Å². The van der Waals surface area contributed by atoms with Crippen LogP contribution < -0.4 is 139 Å². The van der Waals surface area contributed by atoms with Gasteiger partial charge in [-0.3, -0.25) is 17.8 Å². The second-order valence-corrected chi connectivity index (χ2v) is 9.96. The maximum atomic E-state index is 12.3. The van der Waals surface area contributed by atoms with Gasteiger partial charge in [-0.1, -0.05) is 0 Å². The predicted octanol–water partition coefficient (Wildman–Crippen LogP) is -15.5. The van der Waals surface area contributed by atoms with Crippen LogP contribution in [0.1, 0.15) is 6.23 Å². The van der Waals surface area contributed by atoms with Crippen molar-refractivity contribution in [1.82, 2.24) is 19.5 Å². The van der Waals surface area contributed by atoms with Gasteiger partial charge in [0.1, 0.15) is 23.8 Å². The van der Waals surface area contributed by atoms with E-state index in [-0.39, 0.29) is 140 Å². The Morgan fingerprint density at radius 1 is 1.11 bits per heavy atom. The molecule has 0 aromatic carbocycles. The van der Waals surface area contributed by atoms with Crippen molar-refractivity contribution in [3.05, 3.63) is 11.6 Å². The maximum absolute atomic E-state index is 12.3. The van der Waals surface area contributed by atoms with Crippen LogP contribution in [0.2, 0.25) is 5.28 Å². The molecule has 17 nitrogen and oxygen atoms in total. The topological polar surface area (TPSA) is 267 Å². The molecule has 2 unspecified atom stereocenters. The standard InChI is InChI=1S/C10H17BClN5O12P3.4Na/c11-30(20,28-32(24,25)29-31(21,22)23)26-1-3-5(18)6(19)9(27-3)17-2-14-4-7(13)15-10(12)16-8(4)17;;;;/h2-3,5-6,9,18-19H,1H2,11H3,(H,24,25)(H2,13,15,16)(H2,21,22,23);;;;/q-1;4*+1/p-3/t3-,5-,6-,9-,30?;;;;/m1..../s1. The van der Waals surface area contributed by atoms with E-state index in [0.717, 1.165) is 0 Å². The van der Waals surface area contributed by atoms with Crippen LogP contribution in [-0.2, 0) is 31.6 Å². The Morgan fingerprint density at radius 2 is 1.69 bits per heavy atom. The third-order valence-corrected chi connectivity index (χ3v) is 7.21. The van der Waals surface area contributed by atoms with Crippen LogP contribution in [0.25, 0.3) is 11.2 Å². The first-order chi connectivity index (χ1) is 14.6. The summed E-state index contributed by atoms with van der Waals surface area (Å²) in [5.74, 6) is -0.0466. The molecule has 1 saturated heterocycles. The Labute approximate surface area is 297 Å². The number of aromatic nitrogens is 4. The van der Waals surface area contributed by atoms with Crippen molar-refractivity contribution in [3.63, 3.8) is 0 Å². The second kappa shape index (κ2) is 16.0. The molecule has 0 aliphatic carbocycles. The Hall–Kier alpha value is 3.03. The molecule has 3 heterocycles. The number of aliphatic hydroxyl groups excluding tert-OH is 2. The number of fused-ring (bicyclic) bond motifs is 1. The molecule has 36 heavy (non-hydrogen) atoms. The SMILES string of the molecule is [BH3-]P(=O)(OC[C@H]1O[C@@H](n2cnc3c(N)nc(Cl)nc32)[C@H](O)[C@@H]1O)OP(=O)([O-])OP(=O)([O-])[O-].[Na+].[Na+].[Na+].[Na+]. The summed E-state index contributed by atoms with van der Waals surface area (Å²) in [7, 11) is -17.7. The van der Waals surface area contributed by atoms with Crippen molar-refractivity contribution < 1.29 is 175 Å². The molecular weight excluding hydrogens is 613 g/mol. The van der Waals surface area contributed by atoms with E-state index in [1.807, 2.05) is 0 Å². The second-order valence-electron chi connectivity index (χ2n) is 5.83. The van der Waals surface area contributed by atoms with E-state index in [2.05, 4.69) is 23.6 Å². The number of aliphatic hydroxyl groups is 2. The van der Waals surface area contributed by atoms with Crippen LogP contribution in [0.15, 0.2) is 6.33 Å². The molecule has 3 rings (SSSR count). The third kappa shape index (κ3) is 11.0. The summed E-state index contributed by atoms with van der Waals surface area (Å²) in [6.07, 6.45) is -4.60. The third-order valence-electron chi connectivity index (χ3n) is 3.74. The fourth-order valence-corrected chi connectivity index (χ4v) is 5.22. The van der Waals surface area contributed by atoms with E-state index in [1.54, 1.807) is 0 Å². The van der Waals surface area contributed by atoms with Crippen molar-refractivity contribution in [2.45, 2.75) is 24.5 Å². The number of nitrogens with zero attached hydrogens (tertiary/aromatic N) is 4. The van der Waals surface area contributed by atoms with Crippen molar-refractivity contribution in [2.24, 2.45) is 0 Å². The molecule has 1 aliphatic heterocycles. The first-order valence-electron chi connectivity index (χ1n) is 7.79. The van der Waals surface area contributed by atoms with Crippen LogP contribution in [0, 0.1) is 0 Å². The Balaban J connectivity index is 0. The number of nitrogens with two attached hydrogens (primary N) is 1. The number of hydrogen-bond acceptors (Lipinski definition) is 16. The molecule has 0 spiro atoms. The fraction of sp³-hybridized carbons (Fsp3) is 0.500. The molecule has 180 valence electrons. The van der Waals surface area contributed by atoms with E-state index < -0.39 is 61.8 Å². The van der Waals surface area contributed by atoms with E-state index >= 15 is 0 Å². The molecular formula is C10H14BClN5Na4O12P3. The van der Waals surface area contributed by atoms with Crippen LogP contribution in [-0.4, -0.2) is 62.2 Å². The molecule has 0 radical (unpaired) electrons. The quantitative estimate of drug-likeness (QED) is 0.139. The number of phosphoric acid groups is 2. The average molecular weight is 627 g/mol. The summed E-state index contributed by atoms with van der Waals surface area (Å²) in [5.41, 5.74) is 5.92. The first-order valence-corrected chi connectivity index (χ1v) is 12.2. The minimum Gasteiger partial charge on any atom is -0.790 e. The monoisotopic (exact) mass is 627 g/mol. The van der Waals surface area contributed by atoms with Crippen LogP contribution in [0.4, 0.5) is 5.82 Å². The van der Waals surface area contributed by atoms with Crippen molar-refractivity contribution in [1.29, 1.82) is 0 Å². The van der Waals surface area contributed by atoms with Crippen LogP contribution >= 0.6 is 34.7 Å². The molecule has 2 aromatic rings. The number of ether oxygens (including phenoxy) is 1. The normalized spacial score (nSPS) is 24.9. The smallest absolute Gasteiger partial charge is 0.790 e.